The predicted octanol–water partition coefficient (Wildman–Crippen LogP) is 8.20. The molecule has 0 aliphatic rings. The largest absolute Gasteiger partial charge is 0.494 e. The maximum absolute atomic E-state index is 13.8. The molecule has 40 heavy (non-hydrogen) atoms. The second kappa shape index (κ2) is 12.0. The van der Waals surface area contributed by atoms with Crippen LogP contribution in [0.15, 0.2) is 63.8 Å². The highest BCUT2D eigenvalue weighted by molar-refractivity contribution is 6.32. The van der Waals surface area contributed by atoms with E-state index in [1.165, 1.54) is 24.3 Å². The molecule has 0 bridgehead atoms. The van der Waals surface area contributed by atoms with Crippen molar-refractivity contribution in [1.29, 1.82) is 0 Å². The van der Waals surface area contributed by atoms with Crippen molar-refractivity contribution >= 4 is 28.5 Å². The molecule has 0 saturated heterocycles. The summed E-state index contributed by atoms with van der Waals surface area (Å²) in [7, 11) is 0. The highest BCUT2D eigenvalue weighted by atomic mass is 35.5. The van der Waals surface area contributed by atoms with Crippen molar-refractivity contribution < 1.29 is 36.6 Å². The van der Waals surface area contributed by atoms with Crippen LogP contribution in [-0.2, 0) is 17.4 Å². The smallest absolute Gasteiger partial charge is 0.453 e. The van der Waals surface area contributed by atoms with Crippen LogP contribution < -0.4 is 19.6 Å². The SMILES string of the molecule is CCc1ccc(Oc2c(C(F)(F)F)oc3cc(OC(=O)CCCOc4cc(C)c(Cl)c(C)c4)ccc3c2=O)cc1. The summed E-state index contributed by atoms with van der Waals surface area (Å²) in [6.45, 7) is 5.89. The van der Waals surface area contributed by atoms with E-state index >= 15 is 0 Å². The summed E-state index contributed by atoms with van der Waals surface area (Å²) in [6.07, 6.45) is -3.96. The van der Waals surface area contributed by atoms with Gasteiger partial charge in [-0.2, -0.15) is 13.2 Å². The molecule has 0 N–H and O–H groups in total. The molecule has 1 heterocycles. The Kier molecular flexibility index (Phi) is 8.73. The lowest BCUT2D eigenvalue weighted by atomic mass is 10.1. The number of fused-ring (bicyclic) bond motifs is 1. The average molecular weight is 575 g/mol. The van der Waals surface area contributed by atoms with Gasteiger partial charge in [0.2, 0.25) is 11.2 Å². The Morgan fingerprint density at radius 2 is 1.60 bits per heavy atom. The summed E-state index contributed by atoms with van der Waals surface area (Å²) >= 11 is 6.15. The number of ether oxygens (including phenoxy) is 3. The van der Waals surface area contributed by atoms with Gasteiger partial charge in [0.25, 0.3) is 5.76 Å². The van der Waals surface area contributed by atoms with Crippen molar-refractivity contribution in [2.45, 2.75) is 46.2 Å². The Labute approximate surface area is 233 Å². The van der Waals surface area contributed by atoms with Crippen LogP contribution in [0.25, 0.3) is 11.0 Å². The molecule has 6 nitrogen and oxygen atoms in total. The van der Waals surface area contributed by atoms with Crippen LogP contribution in [0.5, 0.6) is 23.0 Å². The molecule has 0 saturated carbocycles. The number of benzene rings is 3. The first kappa shape index (κ1) is 29.0. The Morgan fingerprint density at radius 1 is 0.950 bits per heavy atom. The van der Waals surface area contributed by atoms with E-state index in [2.05, 4.69) is 0 Å². The van der Waals surface area contributed by atoms with Crippen LogP contribution in [0.1, 0.15) is 42.2 Å². The summed E-state index contributed by atoms with van der Waals surface area (Å²) in [5.74, 6) is -2.56. The van der Waals surface area contributed by atoms with E-state index in [1.54, 1.807) is 24.3 Å². The van der Waals surface area contributed by atoms with Crippen LogP contribution in [-0.4, -0.2) is 12.6 Å². The number of hydrogen-bond acceptors (Lipinski definition) is 6. The van der Waals surface area contributed by atoms with E-state index < -0.39 is 34.7 Å². The van der Waals surface area contributed by atoms with Crippen LogP contribution in [0, 0.1) is 13.8 Å². The number of carbonyl (C=O) groups is 1. The van der Waals surface area contributed by atoms with Crippen LogP contribution in [0.2, 0.25) is 5.02 Å². The molecule has 0 unspecified atom stereocenters. The molecule has 0 spiro atoms. The number of esters is 1. The average Bonchev–Trinajstić information content (AvgIpc) is 2.91. The normalized spacial score (nSPS) is 11.5. The number of halogens is 4. The van der Waals surface area contributed by atoms with E-state index in [0.29, 0.717) is 17.2 Å². The van der Waals surface area contributed by atoms with Gasteiger partial charge in [0.15, 0.2) is 0 Å². The predicted molar refractivity (Wildman–Crippen MR) is 145 cm³/mol. The Bertz CT molecular complexity index is 1570. The Balaban J connectivity index is 1.47. The molecule has 4 aromatic rings. The van der Waals surface area contributed by atoms with Crippen LogP contribution in [0.3, 0.4) is 0 Å². The second-order valence-electron chi connectivity index (χ2n) is 9.14. The Hall–Kier alpha value is -3.98. The summed E-state index contributed by atoms with van der Waals surface area (Å²) in [5, 5.41) is 0.505. The lowest BCUT2D eigenvalue weighted by Gasteiger charge is -2.14. The van der Waals surface area contributed by atoms with Crippen LogP contribution in [0.4, 0.5) is 13.2 Å². The first-order valence-electron chi connectivity index (χ1n) is 12.5. The van der Waals surface area contributed by atoms with Crippen molar-refractivity contribution in [3.05, 3.63) is 92.3 Å². The third kappa shape index (κ3) is 6.77. The van der Waals surface area contributed by atoms with Gasteiger partial charge >= 0.3 is 12.1 Å². The van der Waals surface area contributed by atoms with E-state index in [-0.39, 0.29) is 29.9 Å². The molecular formula is C30H26ClF3O6. The maximum atomic E-state index is 13.8. The lowest BCUT2D eigenvalue weighted by Crippen LogP contribution is -2.15. The third-order valence-electron chi connectivity index (χ3n) is 6.07. The minimum absolute atomic E-state index is 0.00899. The zero-order valence-electron chi connectivity index (χ0n) is 22.0. The first-order valence-corrected chi connectivity index (χ1v) is 12.9. The third-order valence-corrected chi connectivity index (χ3v) is 6.66. The summed E-state index contributed by atoms with van der Waals surface area (Å²) in [4.78, 5) is 25.3. The minimum atomic E-state index is -5.01. The number of rotatable bonds is 9. The van der Waals surface area contributed by atoms with E-state index in [9.17, 15) is 22.8 Å². The summed E-state index contributed by atoms with van der Waals surface area (Å²) < 4.78 is 62.8. The van der Waals surface area contributed by atoms with Gasteiger partial charge in [-0.25, -0.2) is 0 Å². The second-order valence-corrected chi connectivity index (χ2v) is 9.52. The van der Waals surface area contributed by atoms with Crippen molar-refractivity contribution in [1.82, 2.24) is 0 Å². The fourth-order valence-electron chi connectivity index (χ4n) is 3.99. The standard InChI is InChI=1S/C30H26ClF3O6/c1-4-19-7-9-20(10-8-19)39-28-27(36)23-12-11-21(16-24(23)40-29(28)30(32,33)34)38-25(35)6-5-13-37-22-14-17(2)26(31)18(3)15-22/h7-12,14-16H,4-6,13H2,1-3H3. The molecule has 0 atom stereocenters. The molecule has 0 amide bonds. The van der Waals surface area contributed by atoms with Crippen molar-refractivity contribution in [2.24, 2.45) is 0 Å². The van der Waals surface area contributed by atoms with Gasteiger partial charge < -0.3 is 18.6 Å². The molecule has 3 aromatic carbocycles. The van der Waals surface area contributed by atoms with Crippen molar-refractivity contribution in [2.75, 3.05) is 6.61 Å². The molecule has 0 aliphatic carbocycles. The van der Waals surface area contributed by atoms with E-state index in [4.69, 9.17) is 30.2 Å². The minimum Gasteiger partial charge on any atom is -0.494 e. The fourth-order valence-corrected chi connectivity index (χ4v) is 4.10. The quantitative estimate of drug-likeness (QED) is 0.114. The Morgan fingerprint density at radius 3 is 2.23 bits per heavy atom. The van der Waals surface area contributed by atoms with Gasteiger partial charge in [-0.1, -0.05) is 30.7 Å². The molecule has 10 heteroatoms. The molecular weight excluding hydrogens is 549 g/mol. The molecule has 4 rings (SSSR count). The summed E-state index contributed by atoms with van der Waals surface area (Å²) in [6, 6.07) is 13.5. The van der Waals surface area contributed by atoms with Gasteiger partial charge in [0.05, 0.1) is 12.0 Å². The van der Waals surface area contributed by atoms with Gasteiger partial charge in [0.1, 0.15) is 22.8 Å². The van der Waals surface area contributed by atoms with E-state index in [1.807, 2.05) is 20.8 Å². The zero-order chi connectivity index (χ0) is 29.0. The molecule has 1 aromatic heterocycles. The number of aryl methyl sites for hydroxylation is 3. The van der Waals surface area contributed by atoms with Crippen molar-refractivity contribution in [3.63, 3.8) is 0 Å². The zero-order valence-corrected chi connectivity index (χ0v) is 22.7. The van der Waals surface area contributed by atoms with E-state index in [0.717, 1.165) is 29.2 Å². The number of carbonyl (C=O) groups excluding carboxylic acids is 1. The molecule has 210 valence electrons. The van der Waals surface area contributed by atoms with Gasteiger partial charge in [-0.3, -0.25) is 9.59 Å². The van der Waals surface area contributed by atoms with Crippen LogP contribution >= 0.6 is 11.6 Å². The maximum Gasteiger partial charge on any atom is 0.453 e. The highest BCUT2D eigenvalue weighted by Gasteiger charge is 2.40. The molecule has 0 fully saturated rings. The van der Waals surface area contributed by atoms with Gasteiger partial charge in [-0.05, 0) is 79.8 Å². The van der Waals surface area contributed by atoms with Gasteiger partial charge in [0, 0.05) is 17.5 Å². The lowest BCUT2D eigenvalue weighted by molar-refractivity contribution is -0.154. The van der Waals surface area contributed by atoms with Gasteiger partial charge in [-0.15, -0.1) is 0 Å². The molecule has 0 radical (unpaired) electrons. The first-order chi connectivity index (χ1) is 19.0. The van der Waals surface area contributed by atoms with Crippen molar-refractivity contribution in [3.8, 4) is 23.0 Å². The summed E-state index contributed by atoms with van der Waals surface area (Å²) in [5.41, 5.74) is 1.30. The molecule has 0 aliphatic heterocycles. The topological polar surface area (TPSA) is 75.0 Å². The number of hydrogen-bond donors (Lipinski definition) is 0. The fraction of sp³-hybridized carbons (Fsp3) is 0.267. The highest BCUT2D eigenvalue weighted by Crippen LogP contribution is 2.38. The monoisotopic (exact) mass is 574 g/mol. The number of alkyl halides is 3.